The van der Waals surface area contributed by atoms with E-state index in [1.54, 1.807) is 29.8 Å². The maximum atomic E-state index is 12.6. The zero-order valence-corrected chi connectivity index (χ0v) is 14.9. The number of fused-ring (bicyclic) bond motifs is 3. The lowest BCUT2D eigenvalue weighted by Gasteiger charge is -2.07. The molecule has 2 heterocycles. The van der Waals surface area contributed by atoms with Crippen LogP contribution >= 0.6 is 0 Å². The largest absolute Gasteiger partial charge is 0.494 e. The van der Waals surface area contributed by atoms with Gasteiger partial charge in [-0.15, -0.1) is 0 Å². The summed E-state index contributed by atoms with van der Waals surface area (Å²) in [6.07, 6.45) is 1.62. The average molecular weight is 348 g/mol. The Labute approximate surface area is 151 Å². The molecule has 0 saturated heterocycles. The number of carbonyl (C=O) groups is 1. The van der Waals surface area contributed by atoms with E-state index in [1.807, 2.05) is 50.2 Å². The van der Waals surface area contributed by atoms with Crippen LogP contribution in [-0.2, 0) is 0 Å². The van der Waals surface area contributed by atoms with E-state index < -0.39 is 0 Å². The number of aromatic nitrogens is 3. The van der Waals surface area contributed by atoms with Gasteiger partial charge in [-0.2, -0.15) is 0 Å². The van der Waals surface area contributed by atoms with Gasteiger partial charge in [-0.3, -0.25) is 9.20 Å². The topological polar surface area (TPSA) is 82.5 Å². The average Bonchev–Trinajstić information content (AvgIpc) is 3.16. The van der Waals surface area contributed by atoms with Crippen LogP contribution in [0.25, 0.3) is 16.6 Å². The predicted octanol–water partition coefficient (Wildman–Crippen LogP) is 3.73. The molecule has 4 rings (SSSR count). The number of imidazole rings is 1. The van der Waals surface area contributed by atoms with Crippen molar-refractivity contribution in [3.63, 3.8) is 0 Å². The van der Waals surface area contributed by atoms with Gasteiger partial charge in [0.25, 0.3) is 0 Å². The Balaban J connectivity index is 0.000000948. The number of methoxy groups -OCH3 is 1. The fourth-order valence-corrected chi connectivity index (χ4v) is 2.74. The molecule has 132 valence electrons. The Morgan fingerprint density at radius 3 is 2.46 bits per heavy atom. The zero-order valence-electron chi connectivity index (χ0n) is 14.9. The first-order chi connectivity index (χ1) is 12.7. The molecule has 6 heteroatoms. The van der Waals surface area contributed by atoms with Crippen molar-refractivity contribution < 1.29 is 9.53 Å². The minimum absolute atomic E-state index is 0.158. The summed E-state index contributed by atoms with van der Waals surface area (Å²) >= 11 is 0. The fraction of sp³-hybridized carbons (Fsp3) is 0.150. The molecule has 0 bridgehead atoms. The van der Waals surface area contributed by atoms with Crippen molar-refractivity contribution in [3.05, 3.63) is 66.0 Å². The molecule has 2 aromatic carbocycles. The zero-order chi connectivity index (χ0) is 18.7. The summed E-state index contributed by atoms with van der Waals surface area (Å²) in [5, 5.41) is 0.774. The number of carbonyl (C=O) groups excluding carboxylic acids is 1. The molecule has 0 saturated carbocycles. The standard InChI is InChI=1S/C18H14N4O2.C2H6/c1-24-14-9-5-8-12-15(14)21-18(19)22-10-13(20-17(12)22)16(23)11-6-3-2-4-7-11;1-2/h2-10H,1H3,(H2,19,21);1-2H3. The molecule has 0 radical (unpaired) electrons. The van der Waals surface area contributed by atoms with Crippen molar-refractivity contribution in [2.24, 2.45) is 0 Å². The van der Waals surface area contributed by atoms with Crippen LogP contribution in [0, 0.1) is 0 Å². The van der Waals surface area contributed by atoms with Crippen LogP contribution in [0.3, 0.4) is 0 Å². The van der Waals surface area contributed by atoms with Crippen molar-refractivity contribution >= 4 is 28.3 Å². The lowest BCUT2D eigenvalue weighted by atomic mass is 10.1. The summed E-state index contributed by atoms with van der Waals surface area (Å²) in [7, 11) is 1.58. The first kappa shape index (κ1) is 17.4. The molecule has 0 spiro atoms. The second kappa shape index (κ2) is 7.23. The maximum Gasteiger partial charge on any atom is 0.212 e. The highest BCUT2D eigenvalue weighted by atomic mass is 16.5. The van der Waals surface area contributed by atoms with Gasteiger partial charge in [-0.05, 0) is 12.1 Å². The molecule has 0 atom stereocenters. The second-order valence-electron chi connectivity index (χ2n) is 5.34. The van der Waals surface area contributed by atoms with Crippen molar-refractivity contribution in [1.82, 2.24) is 14.4 Å². The van der Waals surface area contributed by atoms with E-state index in [0.29, 0.717) is 28.2 Å². The molecule has 6 nitrogen and oxygen atoms in total. The molecule has 0 fully saturated rings. The Bertz CT molecular complexity index is 1070. The number of nitrogens with two attached hydrogens (primary N) is 1. The third-order valence-electron chi connectivity index (χ3n) is 3.91. The van der Waals surface area contributed by atoms with Crippen LogP contribution in [-0.4, -0.2) is 27.3 Å². The highest BCUT2D eigenvalue weighted by Crippen LogP contribution is 2.28. The van der Waals surface area contributed by atoms with E-state index in [2.05, 4.69) is 9.97 Å². The van der Waals surface area contributed by atoms with Gasteiger partial charge in [0.1, 0.15) is 22.6 Å². The Hall–Kier alpha value is -3.41. The summed E-state index contributed by atoms with van der Waals surface area (Å²) in [5.41, 5.74) is 8.14. The maximum absolute atomic E-state index is 12.6. The molecule has 0 aliphatic rings. The number of para-hydroxylation sites is 1. The van der Waals surface area contributed by atoms with Crippen molar-refractivity contribution in [3.8, 4) is 5.75 Å². The molecule has 2 N–H and O–H groups in total. The Kier molecular flexibility index (Phi) is 4.84. The van der Waals surface area contributed by atoms with E-state index in [4.69, 9.17) is 10.5 Å². The van der Waals surface area contributed by atoms with Crippen LogP contribution in [0.4, 0.5) is 5.95 Å². The summed E-state index contributed by atoms with van der Waals surface area (Å²) in [6.45, 7) is 4.00. The molecule has 0 amide bonds. The molecule has 2 aromatic heterocycles. The van der Waals surface area contributed by atoms with Crippen molar-refractivity contribution in [1.29, 1.82) is 0 Å². The van der Waals surface area contributed by atoms with Crippen molar-refractivity contribution in [2.75, 3.05) is 12.8 Å². The van der Waals surface area contributed by atoms with Crippen molar-refractivity contribution in [2.45, 2.75) is 13.8 Å². The third kappa shape index (κ3) is 2.86. The number of hydrogen-bond acceptors (Lipinski definition) is 5. The van der Waals surface area contributed by atoms with Crippen LogP contribution in [0.1, 0.15) is 29.9 Å². The van der Waals surface area contributed by atoms with Gasteiger partial charge >= 0.3 is 0 Å². The lowest BCUT2D eigenvalue weighted by molar-refractivity contribution is 0.103. The smallest absolute Gasteiger partial charge is 0.212 e. The normalized spacial score (nSPS) is 10.4. The van der Waals surface area contributed by atoms with Gasteiger partial charge in [0, 0.05) is 17.1 Å². The Morgan fingerprint density at radius 1 is 1.04 bits per heavy atom. The fourth-order valence-electron chi connectivity index (χ4n) is 2.74. The van der Waals surface area contributed by atoms with E-state index >= 15 is 0 Å². The lowest BCUT2D eigenvalue weighted by Crippen LogP contribution is -2.01. The van der Waals surface area contributed by atoms with Gasteiger partial charge in [0.15, 0.2) is 0 Å². The predicted molar refractivity (Wildman–Crippen MR) is 103 cm³/mol. The van der Waals surface area contributed by atoms with Gasteiger partial charge in [-0.25, -0.2) is 9.97 Å². The van der Waals surface area contributed by atoms with Crippen LogP contribution in [0.5, 0.6) is 5.75 Å². The molecule has 0 aliphatic carbocycles. The number of ether oxygens (including phenoxy) is 1. The Morgan fingerprint density at radius 2 is 1.77 bits per heavy atom. The summed E-state index contributed by atoms with van der Waals surface area (Å²) in [6, 6.07) is 14.6. The molecule has 0 unspecified atom stereocenters. The first-order valence-electron chi connectivity index (χ1n) is 8.40. The SMILES string of the molecule is CC.COc1cccc2c1nc(N)n1cc(C(=O)c3ccccc3)nc21. The highest BCUT2D eigenvalue weighted by Gasteiger charge is 2.17. The minimum atomic E-state index is -0.158. The number of nitrogens with zero attached hydrogens (tertiary/aromatic N) is 3. The number of benzene rings is 2. The second-order valence-corrected chi connectivity index (χ2v) is 5.34. The van der Waals surface area contributed by atoms with Crippen LogP contribution in [0.2, 0.25) is 0 Å². The summed E-state index contributed by atoms with van der Waals surface area (Å²) in [4.78, 5) is 21.5. The monoisotopic (exact) mass is 348 g/mol. The number of nitrogen functional groups attached to an aromatic ring is 1. The summed E-state index contributed by atoms with van der Waals surface area (Å²) < 4.78 is 6.96. The number of hydrogen-bond donors (Lipinski definition) is 1. The molecular weight excluding hydrogens is 328 g/mol. The number of anilines is 1. The van der Waals surface area contributed by atoms with Gasteiger partial charge in [-0.1, -0.05) is 50.2 Å². The quantitative estimate of drug-likeness (QED) is 0.570. The first-order valence-corrected chi connectivity index (χ1v) is 8.40. The number of ketones is 1. The molecule has 0 aliphatic heterocycles. The molecular formula is C20H20N4O2. The van der Waals surface area contributed by atoms with E-state index in [0.717, 1.165) is 5.39 Å². The highest BCUT2D eigenvalue weighted by molar-refractivity contribution is 6.09. The van der Waals surface area contributed by atoms with E-state index in [9.17, 15) is 4.79 Å². The van der Waals surface area contributed by atoms with Gasteiger partial charge in [0.05, 0.1) is 7.11 Å². The number of rotatable bonds is 3. The van der Waals surface area contributed by atoms with Crippen LogP contribution in [0.15, 0.2) is 54.7 Å². The summed E-state index contributed by atoms with van der Waals surface area (Å²) in [5.74, 6) is 0.706. The van der Waals surface area contributed by atoms with Gasteiger partial charge < -0.3 is 10.5 Å². The third-order valence-corrected chi connectivity index (χ3v) is 3.91. The minimum Gasteiger partial charge on any atom is -0.494 e. The molecule has 4 aromatic rings. The van der Waals surface area contributed by atoms with E-state index in [1.165, 1.54) is 0 Å². The van der Waals surface area contributed by atoms with Gasteiger partial charge in [0.2, 0.25) is 11.7 Å². The van der Waals surface area contributed by atoms with Crippen LogP contribution < -0.4 is 10.5 Å². The molecule has 26 heavy (non-hydrogen) atoms. The van der Waals surface area contributed by atoms with E-state index in [-0.39, 0.29) is 11.7 Å².